The summed E-state index contributed by atoms with van der Waals surface area (Å²) in [6.45, 7) is 5.22. The summed E-state index contributed by atoms with van der Waals surface area (Å²) < 4.78 is 91.4. The molecule has 5 aromatic rings. The zero-order valence-corrected chi connectivity index (χ0v) is 41.9. The number of aliphatic hydroxyl groups excluding tert-OH is 1. The second kappa shape index (κ2) is 20.8. The van der Waals surface area contributed by atoms with Gasteiger partial charge in [-0.1, -0.05) is 37.3 Å². The van der Waals surface area contributed by atoms with Crippen LogP contribution in [-0.2, 0) is 17.4 Å². The molecule has 4 aliphatic heterocycles. The number of carbonyl (C=O) groups is 3. The van der Waals surface area contributed by atoms with E-state index in [1.807, 2.05) is 42.2 Å². The number of amides is 4. The molecule has 3 saturated heterocycles. The first kappa shape index (κ1) is 51.2. The van der Waals surface area contributed by atoms with Gasteiger partial charge in [-0.2, -0.15) is 5.10 Å². The van der Waals surface area contributed by atoms with Gasteiger partial charge in [0.2, 0.25) is 11.8 Å². The Kier molecular flexibility index (Phi) is 14.4. The van der Waals surface area contributed by atoms with E-state index in [4.69, 9.17) is 15.2 Å². The maximum absolute atomic E-state index is 16.5. The quantitative estimate of drug-likeness (QED) is 0.0851. The summed E-state index contributed by atoms with van der Waals surface area (Å²) in [4.78, 5) is 45.1. The second-order valence-corrected chi connectivity index (χ2v) is 20.7. The van der Waals surface area contributed by atoms with Crippen molar-refractivity contribution in [3.63, 3.8) is 0 Å². The summed E-state index contributed by atoms with van der Waals surface area (Å²) in [5, 5.41) is 20.6. The molecule has 394 valence electrons. The molecule has 1 saturated carbocycles. The SMILES string of the molecule is Cc1c(F)cc2c(c1-c1c(C(N)=O)ccc(OCCF)c1F)C(C)C(CNC1CCC(C(=O)N3CCC(N4CCC(c5c(F)cc6c(N7CCC(O)NC7=O)nn(C)c6c5F)CC4)CC3)CC1)(c1ccccc1)O2. The molecular formula is C55H63F5N8O6. The van der Waals surface area contributed by atoms with Gasteiger partial charge in [0, 0.05) is 86.3 Å². The van der Waals surface area contributed by atoms with Crippen molar-refractivity contribution in [2.75, 3.05) is 57.4 Å². The number of fused-ring (bicyclic) bond motifs is 2. The van der Waals surface area contributed by atoms with Crippen LogP contribution in [0.15, 0.2) is 54.6 Å². The van der Waals surface area contributed by atoms with Gasteiger partial charge in [0.1, 0.15) is 42.4 Å². The minimum Gasteiger partial charge on any atom is -0.488 e. The Hall–Kier alpha value is -6.31. The zero-order valence-electron chi connectivity index (χ0n) is 41.9. The molecule has 1 aliphatic carbocycles. The van der Waals surface area contributed by atoms with Crippen LogP contribution in [0.1, 0.15) is 109 Å². The molecule has 5 N–H and O–H groups in total. The number of alkyl halides is 1. The Labute approximate surface area is 426 Å². The van der Waals surface area contributed by atoms with Crippen molar-refractivity contribution in [3.05, 3.63) is 106 Å². The van der Waals surface area contributed by atoms with E-state index in [2.05, 4.69) is 20.6 Å². The molecule has 4 aromatic carbocycles. The van der Waals surface area contributed by atoms with Crippen molar-refractivity contribution in [2.45, 2.75) is 107 Å². The number of carbonyl (C=O) groups excluding carboxylic acids is 3. The lowest BCUT2D eigenvalue weighted by molar-refractivity contribution is -0.138. The van der Waals surface area contributed by atoms with Crippen molar-refractivity contribution < 1.29 is 50.9 Å². The van der Waals surface area contributed by atoms with Crippen LogP contribution in [0.25, 0.3) is 22.0 Å². The summed E-state index contributed by atoms with van der Waals surface area (Å²) in [5.74, 6) is -4.64. The van der Waals surface area contributed by atoms with Crippen LogP contribution >= 0.6 is 0 Å². The van der Waals surface area contributed by atoms with Gasteiger partial charge < -0.3 is 40.7 Å². The number of aryl methyl sites for hydroxylation is 1. The van der Waals surface area contributed by atoms with Gasteiger partial charge >= 0.3 is 6.03 Å². The van der Waals surface area contributed by atoms with Crippen molar-refractivity contribution in [2.24, 2.45) is 18.7 Å². The van der Waals surface area contributed by atoms with E-state index in [0.29, 0.717) is 64.0 Å². The standard InChI is InChI=1S/C55H63F5N8O6/c1-30-39(57)28-42-45(44(30)47-37(51(61)70)13-14-41(48(47)59)73-26-20-56)31(2)55(74-42,34-7-5-4-6-8-34)29-62-35-11-9-33(10-12-35)53(71)67-23-17-36(18-24-67)66-21-15-32(16-22-66)46-40(58)27-38-50(49(46)60)65(3)64-52(38)68-25-19-43(69)63-54(68)72/h4-8,13-14,27-28,31-33,35-36,43,62,69H,9-12,15-26,29H2,1-3H3,(H2,61,70)(H,63,72). The van der Waals surface area contributed by atoms with Crippen LogP contribution in [0.2, 0.25) is 0 Å². The first-order valence-corrected chi connectivity index (χ1v) is 25.9. The van der Waals surface area contributed by atoms with Crippen LogP contribution < -0.4 is 30.7 Å². The van der Waals surface area contributed by atoms with Crippen LogP contribution in [0.5, 0.6) is 11.5 Å². The number of benzene rings is 4. The number of aromatic nitrogens is 2. The van der Waals surface area contributed by atoms with Gasteiger partial charge in [0.15, 0.2) is 28.8 Å². The number of aliphatic hydroxyl groups is 1. The molecule has 10 rings (SSSR count). The Morgan fingerprint density at radius 1 is 0.892 bits per heavy atom. The van der Waals surface area contributed by atoms with E-state index in [1.165, 1.54) is 40.8 Å². The van der Waals surface area contributed by atoms with Crippen LogP contribution in [-0.4, -0.2) is 113 Å². The lowest BCUT2D eigenvalue weighted by Gasteiger charge is -2.43. The molecule has 14 nitrogen and oxygen atoms in total. The van der Waals surface area contributed by atoms with Gasteiger partial charge in [0.25, 0.3) is 0 Å². The lowest BCUT2D eigenvalue weighted by Crippen LogP contribution is -2.52. The molecule has 4 fully saturated rings. The molecule has 3 unspecified atom stereocenters. The van der Waals surface area contributed by atoms with E-state index in [1.54, 1.807) is 7.05 Å². The predicted molar refractivity (Wildman–Crippen MR) is 268 cm³/mol. The highest BCUT2D eigenvalue weighted by atomic mass is 19.1. The van der Waals surface area contributed by atoms with Crippen molar-refractivity contribution >= 4 is 34.6 Å². The number of hydrogen-bond acceptors (Lipinski definition) is 9. The molecule has 0 radical (unpaired) electrons. The molecule has 4 amide bonds. The van der Waals surface area contributed by atoms with Crippen LogP contribution in [0, 0.1) is 36.1 Å². The fourth-order valence-corrected chi connectivity index (χ4v) is 12.6. The number of primary amides is 1. The van der Waals surface area contributed by atoms with E-state index in [0.717, 1.165) is 31.2 Å². The van der Waals surface area contributed by atoms with Crippen molar-refractivity contribution in [3.8, 4) is 22.6 Å². The normalized spacial score (nSPS) is 24.0. The van der Waals surface area contributed by atoms with Gasteiger partial charge in [-0.05, 0) is 112 Å². The number of halogens is 5. The maximum Gasteiger partial charge on any atom is 0.325 e. The minimum absolute atomic E-state index is 0.0399. The minimum atomic E-state index is -1.09. The predicted octanol–water partition coefficient (Wildman–Crippen LogP) is 8.20. The molecule has 5 aliphatic rings. The summed E-state index contributed by atoms with van der Waals surface area (Å²) in [5.41, 5.74) is 5.96. The average molecular weight is 1030 g/mol. The molecule has 3 atom stereocenters. The lowest BCUT2D eigenvalue weighted by atomic mass is 9.76. The molecule has 0 bridgehead atoms. The van der Waals surface area contributed by atoms with Gasteiger partial charge in [-0.25, -0.2) is 26.7 Å². The maximum atomic E-state index is 16.5. The average Bonchev–Trinajstić information content (AvgIpc) is 3.89. The molecule has 74 heavy (non-hydrogen) atoms. The topological polar surface area (TPSA) is 168 Å². The third-order valence-corrected chi connectivity index (χ3v) is 16.6. The Morgan fingerprint density at radius 2 is 1.61 bits per heavy atom. The Balaban J connectivity index is 0.757. The highest BCUT2D eigenvalue weighted by Crippen LogP contribution is 2.56. The van der Waals surface area contributed by atoms with Gasteiger partial charge in [-0.15, -0.1) is 0 Å². The Bertz CT molecular complexity index is 2950. The largest absolute Gasteiger partial charge is 0.488 e. The number of nitrogens with one attached hydrogen (secondary N) is 2. The third kappa shape index (κ3) is 9.22. The van der Waals surface area contributed by atoms with Crippen molar-refractivity contribution in [1.82, 2.24) is 30.2 Å². The highest BCUT2D eigenvalue weighted by Gasteiger charge is 2.50. The number of urea groups is 1. The highest BCUT2D eigenvalue weighted by molar-refractivity contribution is 6.02. The molecule has 0 spiro atoms. The van der Waals surface area contributed by atoms with E-state index >= 15 is 17.6 Å². The zero-order chi connectivity index (χ0) is 52.2. The van der Waals surface area contributed by atoms with Gasteiger partial charge in [-0.3, -0.25) is 19.2 Å². The third-order valence-electron chi connectivity index (χ3n) is 16.6. The van der Waals surface area contributed by atoms with Crippen molar-refractivity contribution in [1.29, 1.82) is 0 Å². The number of piperidine rings is 2. The Morgan fingerprint density at radius 3 is 2.28 bits per heavy atom. The molecular weight excluding hydrogens is 964 g/mol. The molecule has 1 aromatic heterocycles. The second-order valence-electron chi connectivity index (χ2n) is 20.7. The smallest absolute Gasteiger partial charge is 0.325 e. The van der Waals surface area contributed by atoms with Crippen LogP contribution in [0.4, 0.5) is 32.6 Å². The molecule has 5 heterocycles. The number of anilines is 1. The number of rotatable bonds is 13. The van der Waals surface area contributed by atoms with E-state index in [9.17, 15) is 23.9 Å². The monoisotopic (exact) mass is 1030 g/mol. The van der Waals surface area contributed by atoms with Crippen LogP contribution in [0.3, 0.4) is 0 Å². The number of nitrogens with two attached hydrogens (primary N) is 1. The number of nitrogens with zero attached hydrogens (tertiary/aromatic N) is 5. The van der Waals surface area contributed by atoms with E-state index in [-0.39, 0.29) is 98.8 Å². The fraction of sp³-hybridized carbons (Fsp3) is 0.491. The summed E-state index contributed by atoms with van der Waals surface area (Å²) in [7, 11) is 1.57. The number of likely N-dealkylation sites (tertiary alicyclic amines) is 2. The number of hydrogen-bond donors (Lipinski definition) is 4. The van der Waals surface area contributed by atoms with E-state index < -0.39 is 66.2 Å². The summed E-state index contributed by atoms with van der Waals surface area (Å²) in [6.07, 6.45) is 4.88. The van der Waals surface area contributed by atoms with Gasteiger partial charge in [0.05, 0.1) is 10.9 Å². The first-order valence-electron chi connectivity index (χ1n) is 25.9. The molecule has 19 heteroatoms. The number of ether oxygens (including phenoxy) is 2. The summed E-state index contributed by atoms with van der Waals surface area (Å²) >= 11 is 0. The summed E-state index contributed by atoms with van der Waals surface area (Å²) in [6, 6.07) is 14.3. The fourth-order valence-electron chi connectivity index (χ4n) is 12.6. The first-order chi connectivity index (χ1) is 35.6.